The van der Waals surface area contributed by atoms with Gasteiger partial charge in [0.2, 0.25) is 11.0 Å². The number of hydrogen-bond donors (Lipinski definition) is 1. The largest absolute Gasteiger partial charge is 0.493 e. The van der Waals surface area contributed by atoms with Crippen LogP contribution in [0, 0.1) is 6.92 Å². The van der Waals surface area contributed by atoms with Crippen LogP contribution in [0.1, 0.15) is 35.4 Å². The number of nitrogens with one attached hydrogen (secondary N) is 1. The summed E-state index contributed by atoms with van der Waals surface area (Å²) in [6, 6.07) is 14.0. The third-order valence-electron chi connectivity index (χ3n) is 5.42. The van der Waals surface area contributed by atoms with Crippen LogP contribution in [0.4, 0.5) is 5.82 Å². The molecule has 3 heterocycles. The molecule has 170 valence electrons. The zero-order valence-corrected chi connectivity index (χ0v) is 20.3. The van der Waals surface area contributed by atoms with E-state index in [4.69, 9.17) is 19.6 Å². The molecule has 1 atom stereocenters. The Kier molecular flexibility index (Phi) is 5.99. The van der Waals surface area contributed by atoms with Crippen molar-refractivity contribution in [3.63, 3.8) is 0 Å². The van der Waals surface area contributed by atoms with Crippen LogP contribution in [0.25, 0.3) is 15.3 Å². The van der Waals surface area contributed by atoms with E-state index < -0.39 is 0 Å². The molecule has 33 heavy (non-hydrogen) atoms. The van der Waals surface area contributed by atoms with Gasteiger partial charge in [-0.25, -0.2) is 4.98 Å². The smallest absolute Gasteiger partial charge is 0.235 e. The highest BCUT2D eigenvalue weighted by atomic mass is 32.2. The van der Waals surface area contributed by atoms with E-state index in [-0.39, 0.29) is 11.2 Å². The molecule has 1 amide bonds. The van der Waals surface area contributed by atoms with Gasteiger partial charge in [-0.1, -0.05) is 36.5 Å². The van der Waals surface area contributed by atoms with Crippen molar-refractivity contribution in [3.8, 4) is 16.6 Å². The Morgan fingerprint density at radius 3 is 2.85 bits per heavy atom. The number of amides is 1. The highest BCUT2D eigenvalue weighted by Crippen LogP contribution is 2.46. The lowest BCUT2D eigenvalue weighted by atomic mass is 10.0. The van der Waals surface area contributed by atoms with Crippen LogP contribution in [-0.2, 0) is 4.79 Å². The Morgan fingerprint density at radius 1 is 1.21 bits per heavy atom. The van der Waals surface area contributed by atoms with Crippen molar-refractivity contribution in [2.45, 2.75) is 25.5 Å². The van der Waals surface area contributed by atoms with E-state index in [1.54, 1.807) is 34.9 Å². The van der Waals surface area contributed by atoms with E-state index in [9.17, 15) is 4.79 Å². The number of anilines is 1. The average molecular weight is 481 g/mol. The molecule has 2 aromatic carbocycles. The van der Waals surface area contributed by atoms with Gasteiger partial charge in [-0.05, 0) is 43.2 Å². The zero-order valence-electron chi connectivity index (χ0n) is 18.6. The molecule has 1 aliphatic heterocycles. The number of aryl methyl sites for hydroxylation is 1. The number of para-hydroxylation sites is 1. The molecule has 9 heteroatoms. The van der Waals surface area contributed by atoms with Crippen molar-refractivity contribution >= 4 is 45.0 Å². The lowest BCUT2D eigenvalue weighted by Gasteiger charge is -2.18. The minimum absolute atomic E-state index is 0.0547. The van der Waals surface area contributed by atoms with Crippen LogP contribution in [0.2, 0.25) is 0 Å². The number of ether oxygens (including phenoxy) is 2. The second kappa shape index (κ2) is 9.07. The molecule has 0 saturated carbocycles. The van der Waals surface area contributed by atoms with Gasteiger partial charge in [0, 0.05) is 5.56 Å². The van der Waals surface area contributed by atoms with E-state index >= 15 is 0 Å². The van der Waals surface area contributed by atoms with Gasteiger partial charge in [0.25, 0.3) is 0 Å². The van der Waals surface area contributed by atoms with Crippen LogP contribution in [0.15, 0.2) is 42.5 Å². The van der Waals surface area contributed by atoms with Crippen molar-refractivity contribution in [2.24, 2.45) is 0 Å². The minimum atomic E-state index is -0.0868. The zero-order chi connectivity index (χ0) is 22.9. The predicted octanol–water partition coefficient (Wildman–Crippen LogP) is 5.36. The Bertz CT molecular complexity index is 1300. The third-order valence-corrected chi connectivity index (χ3v) is 7.71. The van der Waals surface area contributed by atoms with Crippen LogP contribution >= 0.6 is 23.1 Å². The number of benzene rings is 2. The summed E-state index contributed by atoms with van der Waals surface area (Å²) in [5.41, 5.74) is 3.78. The number of carbonyl (C=O) groups is 1. The van der Waals surface area contributed by atoms with Gasteiger partial charge in [0.05, 0.1) is 40.6 Å². The summed E-state index contributed by atoms with van der Waals surface area (Å²) in [6.07, 6.45) is 0.921. The number of fused-ring (bicyclic) bond motifs is 2. The maximum Gasteiger partial charge on any atom is 0.235 e. The maximum absolute atomic E-state index is 12.6. The number of hydrogen-bond acceptors (Lipinski definition) is 7. The van der Waals surface area contributed by atoms with Crippen LogP contribution in [-0.4, -0.2) is 40.1 Å². The molecule has 7 nitrogen and oxygen atoms in total. The number of carbonyl (C=O) groups excluding carboxylic acids is 1. The molecular formula is C24H24N4O3S2. The van der Waals surface area contributed by atoms with Crippen molar-refractivity contribution in [1.29, 1.82) is 0 Å². The first-order valence-corrected chi connectivity index (χ1v) is 12.6. The topological polar surface area (TPSA) is 78.3 Å². The molecule has 1 aliphatic rings. The van der Waals surface area contributed by atoms with Crippen molar-refractivity contribution in [2.75, 3.05) is 24.8 Å². The van der Waals surface area contributed by atoms with Gasteiger partial charge in [0.1, 0.15) is 5.82 Å². The van der Waals surface area contributed by atoms with E-state index in [1.165, 1.54) is 0 Å². The summed E-state index contributed by atoms with van der Waals surface area (Å²) in [4.78, 5) is 17.4. The summed E-state index contributed by atoms with van der Waals surface area (Å²) in [5.74, 6) is 2.37. The second-order valence-corrected chi connectivity index (χ2v) is 9.82. The first-order valence-electron chi connectivity index (χ1n) is 10.8. The number of thioether (sulfide) groups is 1. The van der Waals surface area contributed by atoms with Gasteiger partial charge in [-0.2, -0.15) is 9.78 Å². The fraction of sp³-hybridized carbons (Fsp3) is 0.292. The molecule has 0 fully saturated rings. The summed E-state index contributed by atoms with van der Waals surface area (Å²) < 4.78 is 14.3. The molecule has 2 aromatic heterocycles. The van der Waals surface area contributed by atoms with Crippen LogP contribution in [0.3, 0.4) is 0 Å². The molecule has 0 radical (unpaired) electrons. The Labute approximate surface area is 200 Å². The second-order valence-electron chi connectivity index (χ2n) is 7.72. The number of methoxy groups -OCH3 is 1. The number of rotatable bonds is 6. The lowest BCUT2D eigenvalue weighted by Crippen LogP contribution is -2.15. The van der Waals surface area contributed by atoms with Gasteiger partial charge >= 0.3 is 0 Å². The Balaban J connectivity index is 1.61. The molecule has 1 N–H and O–H groups in total. The van der Waals surface area contributed by atoms with Crippen molar-refractivity contribution in [1.82, 2.24) is 14.8 Å². The molecule has 1 unspecified atom stereocenters. The number of thiazole rings is 1. The quantitative estimate of drug-likeness (QED) is 0.400. The van der Waals surface area contributed by atoms with Gasteiger partial charge in [-0.15, -0.1) is 11.8 Å². The predicted molar refractivity (Wildman–Crippen MR) is 133 cm³/mol. The summed E-state index contributed by atoms with van der Waals surface area (Å²) in [6.45, 7) is 4.68. The summed E-state index contributed by atoms with van der Waals surface area (Å²) in [7, 11) is 1.64. The van der Waals surface area contributed by atoms with Crippen molar-refractivity contribution in [3.05, 3.63) is 59.3 Å². The summed E-state index contributed by atoms with van der Waals surface area (Å²) in [5, 5.41) is 8.51. The van der Waals surface area contributed by atoms with Gasteiger partial charge < -0.3 is 14.8 Å². The standard InChI is InChI=1S/C24H24N4O3S2/c1-4-11-31-17-10-9-15(12-18(17)30-3)22-21-14(2)27-28(23(21)26-20(29)13-32-22)24-25-16-7-5-6-8-19(16)33-24/h5-10,12,22H,4,11,13H2,1-3H3,(H,26,29). The maximum atomic E-state index is 12.6. The Hall–Kier alpha value is -3.04. The minimum Gasteiger partial charge on any atom is -0.493 e. The van der Waals surface area contributed by atoms with E-state index in [2.05, 4.69) is 12.2 Å². The highest BCUT2D eigenvalue weighted by molar-refractivity contribution is 8.00. The first kappa shape index (κ1) is 21.8. The lowest BCUT2D eigenvalue weighted by molar-refractivity contribution is -0.113. The number of aromatic nitrogens is 3. The number of nitrogens with zero attached hydrogens (tertiary/aromatic N) is 3. The van der Waals surface area contributed by atoms with Crippen LogP contribution < -0.4 is 14.8 Å². The molecule has 0 aliphatic carbocycles. The van der Waals surface area contributed by atoms with E-state index in [0.717, 1.165) is 44.3 Å². The molecule has 0 saturated heterocycles. The molecular weight excluding hydrogens is 456 g/mol. The molecule has 0 spiro atoms. The fourth-order valence-corrected chi connectivity index (χ4v) is 6.02. The highest BCUT2D eigenvalue weighted by Gasteiger charge is 2.31. The first-order chi connectivity index (χ1) is 16.1. The van der Waals surface area contributed by atoms with E-state index in [0.29, 0.717) is 23.9 Å². The third kappa shape index (κ3) is 4.06. The summed E-state index contributed by atoms with van der Waals surface area (Å²) >= 11 is 3.13. The van der Waals surface area contributed by atoms with E-state index in [1.807, 2.05) is 49.4 Å². The molecule has 0 bridgehead atoms. The Morgan fingerprint density at radius 2 is 2.06 bits per heavy atom. The monoisotopic (exact) mass is 480 g/mol. The average Bonchev–Trinajstić information content (AvgIpc) is 3.34. The van der Waals surface area contributed by atoms with Gasteiger partial charge in [-0.3, -0.25) is 4.79 Å². The van der Waals surface area contributed by atoms with Gasteiger partial charge in [0.15, 0.2) is 11.5 Å². The normalized spacial score (nSPS) is 15.7. The molecule has 4 aromatic rings. The van der Waals surface area contributed by atoms with Crippen LogP contribution in [0.5, 0.6) is 11.5 Å². The van der Waals surface area contributed by atoms with Crippen molar-refractivity contribution < 1.29 is 14.3 Å². The molecule has 5 rings (SSSR count). The fourth-order valence-electron chi connectivity index (χ4n) is 3.91. The SMILES string of the molecule is CCCOc1ccc(C2SCC(=O)Nc3c2c(C)nn3-c2nc3ccccc3s2)cc1OC.